The van der Waals surface area contributed by atoms with E-state index in [1.165, 1.54) is 17.6 Å². The highest BCUT2D eigenvalue weighted by Gasteiger charge is 2.15. The molecule has 1 aromatic heterocycles. The number of anilines is 3. The summed E-state index contributed by atoms with van der Waals surface area (Å²) in [4.78, 5) is 29.8. The van der Waals surface area contributed by atoms with E-state index in [9.17, 15) is 9.59 Å². The maximum absolute atomic E-state index is 12.7. The molecule has 46 heavy (non-hydrogen) atoms. The SMILES string of the molecule is CCOc1cc(/C=N\NC(=O)c2ccc(-c3csc(Nc4ccc(Cl)cc4)n3)cc2)cc(Br)c1OCC(=O)Nc1ccc(Cl)cc1. The van der Waals surface area contributed by atoms with Crippen LogP contribution in [0.15, 0.2) is 99.9 Å². The predicted molar refractivity (Wildman–Crippen MR) is 188 cm³/mol. The van der Waals surface area contributed by atoms with E-state index in [1.54, 1.807) is 48.5 Å². The fourth-order valence-electron chi connectivity index (χ4n) is 4.08. The molecular formula is C33H26BrCl2N5O4S. The minimum Gasteiger partial charge on any atom is -0.490 e. The molecule has 0 saturated carbocycles. The third-order valence-electron chi connectivity index (χ3n) is 6.23. The van der Waals surface area contributed by atoms with E-state index >= 15 is 0 Å². The van der Waals surface area contributed by atoms with Gasteiger partial charge < -0.3 is 20.1 Å². The number of aromatic nitrogens is 1. The van der Waals surface area contributed by atoms with Crippen LogP contribution in [-0.4, -0.2) is 36.2 Å². The Kier molecular flexibility index (Phi) is 11.3. The smallest absolute Gasteiger partial charge is 0.271 e. The van der Waals surface area contributed by atoms with Gasteiger partial charge in [-0.2, -0.15) is 5.10 Å². The van der Waals surface area contributed by atoms with Crippen molar-refractivity contribution in [3.63, 3.8) is 0 Å². The lowest BCUT2D eigenvalue weighted by Crippen LogP contribution is -2.20. The molecule has 0 saturated heterocycles. The average Bonchev–Trinajstić information content (AvgIpc) is 3.51. The van der Waals surface area contributed by atoms with Gasteiger partial charge in [-0.1, -0.05) is 35.3 Å². The van der Waals surface area contributed by atoms with Gasteiger partial charge in [-0.15, -0.1) is 11.3 Å². The number of amides is 2. The monoisotopic (exact) mass is 737 g/mol. The van der Waals surface area contributed by atoms with Crippen molar-refractivity contribution in [3.05, 3.63) is 116 Å². The Morgan fingerprint density at radius 2 is 1.61 bits per heavy atom. The summed E-state index contributed by atoms with van der Waals surface area (Å²) in [5, 5.41) is 14.0. The molecule has 13 heteroatoms. The minimum atomic E-state index is -0.373. The summed E-state index contributed by atoms with van der Waals surface area (Å²) in [7, 11) is 0. The molecule has 0 aliphatic rings. The molecule has 0 unspecified atom stereocenters. The number of halogens is 3. The minimum absolute atomic E-state index is 0.243. The van der Waals surface area contributed by atoms with E-state index in [1.807, 2.05) is 48.7 Å². The molecule has 9 nitrogen and oxygen atoms in total. The third-order valence-corrected chi connectivity index (χ3v) is 8.08. The molecule has 3 N–H and O–H groups in total. The maximum Gasteiger partial charge on any atom is 0.271 e. The van der Waals surface area contributed by atoms with Gasteiger partial charge in [-0.05, 0) is 101 Å². The van der Waals surface area contributed by atoms with Gasteiger partial charge in [-0.3, -0.25) is 9.59 Å². The standard InChI is InChI=1S/C33H26BrCl2N5O4S/c1-2-44-29-16-20(15-27(34)31(29)45-18-30(42)38-25-11-7-23(35)8-12-25)17-37-41-32(43)22-5-3-21(4-6-22)28-19-46-33(40-28)39-26-13-9-24(36)10-14-26/h3-17,19H,2,18H2,1H3,(H,38,42)(H,39,40)(H,41,43)/b37-17-. The Hall–Kier alpha value is -4.42. The van der Waals surface area contributed by atoms with E-state index in [2.05, 4.69) is 42.1 Å². The van der Waals surface area contributed by atoms with Crippen molar-refractivity contribution in [2.45, 2.75) is 6.92 Å². The van der Waals surface area contributed by atoms with E-state index in [0.29, 0.717) is 49.4 Å². The molecule has 0 fully saturated rings. The molecule has 234 valence electrons. The molecule has 0 spiro atoms. The first-order valence-corrected chi connectivity index (χ1v) is 16.3. The van der Waals surface area contributed by atoms with Crippen LogP contribution in [0.25, 0.3) is 11.3 Å². The van der Waals surface area contributed by atoms with E-state index < -0.39 is 0 Å². The highest BCUT2D eigenvalue weighted by Crippen LogP contribution is 2.36. The van der Waals surface area contributed by atoms with Crippen LogP contribution in [0, 0.1) is 0 Å². The van der Waals surface area contributed by atoms with Crippen molar-refractivity contribution < 1.29 is 19.1 Å². The number of benzene rings is 4. The summed E-state index contributed by atoms with van der Waals surface area (Å²) in [5.74, 6) is 0.0537. The number of nitrogens with one attached hydrogen (secondary N) is 3. The Morgan fingerprint density at radius 3 is 2.28 bits per heavy atom. The number of hydrogen-bond donors (Lipinski definition) is 3. The lowest BCUT2D eigenvalue weighted by atomic mass is 10.1. The molecule has 0 aliphatic heterocycles. The Bertz CT molecular complexity index is 1850. The molecule has 2 amide bonds. The number of nitrogens with zero attached hydrogens (tertiary/aromatic N) is 2. The number of hydrogen-bond acceptors (Lipinski definition) is 8. The first-order valence-electron chi connectivity index (χ1n) is 13.8. The van der Waals surface area contributed by atoms with Gasteiger partial charge in [0.2, 0.25) is 0 Å². The zero-order valence-corrected chi connectivity index (χ0v) is 28.1. The van der Waals surface area contributed by atoms with Crippen molar-refractivity contribution in [2.75, 3.05) is 23.8 Å². The van der Waals surface area contributed by atoms with Gasteiger partial charge in [0, 0.05) is 37.9 Å². The lowest BCUT2D eigenvalue weighted by Gasteiger charge is -2.14. The highest BCUT2D eigenvalue weighted by atomic mass is 79.9. The zero-order valence-electron chi connectivity index (χ0n) is 24.2. The van der Waals surface area contributed by atoms with Crippen LogP contribution in [0.2, 0.25) is 10.0 Å². The molecule has 0 atom stereocenters. The van der Waals surface area contributed by atoms with Crippen molar-refractivity contribution >= 4 is 85.0 Å². The van der Waals surface area contributed by atoms with Crippen molar-refractivity contribution in [1.82, 2.24) is 10.4 Å². The van der Waals surface area contributed by atoms with Crippen LogP contribution in [0.4, 0.5) is 16.5 Å². The van der Waals surface area contributed by atoms with Gasteiger partial charge in [0.25, 0.3) is 11.8 Å². The highest BCUT2D eigenvalue weighted by molar-refractivity contribution is 9.10. The second-order valence-electron chi connectivity index (χ2n) is 9.55. The largest absolute Gasteiger partial charge is 0.490 e. The topological polar surface area (TPSA) is 114 Å². The van der Waals surface area contributed by atoms with Gasteiger partial charge in [-0.25, -0.2) is 10.4 Å². The van der Waals surface area contributed by atoms with Crippen LogP contribution in [0.5, 0.6) is 11.5 Å². The first kappa shape index (κ1) is 33.0. The number of ether oxygens (including phenoxy) is 2. The second-order valence-corrected chi connectivity index (χ2v) is 12.1. The third kappa shape index (κ3) is 9.07. The van der Waals surface area contributed by atoms with Crippen molar-refractivity contribution in [2.24, 2.45) is 5.10 Å². The fraction of sp³-hybridized carbons (Fsp3) is 0.0909. The van der Waals surface area contributed by atoms with Gasteiger partial charge in [0.05, 0.1) is 23.0 Å². The summed E-state index contributed by atoms with van der Waals surface area (Å²) in [6, 6.07) is 24.7. The van der Waals surface area contributed by atoms with Gasteiger partial charge in [0.1, 0.15) is 0 Å². The van der Waals surface area contributed by atoms with Crippen molar-refractivity contribution in [1.29, 1.82) is 0 Å². The molecule has 0 aliphatic carbocycles. The Labute approximate surface area is 287 Å². The van der Waals surface area contributed by atoms with Crippen LogP contribution < -0.4 is 25.5 Å². The normalized spacial score (nSPS) is 10.9. The Morgan fingerprint density at radius 1 is 0.935 bits per heavy atom. The summed E-state index contributed by atoms with van der Waals surface area (Å²) in [5.41, 5.74) is 6.77. The number of thiazole rings is 1. The van der Waals surface area contributed by atoms with Crippen molar-refractivity contribution in [3.8, 4) is 22.8 Å². The molecular weight excluding hydrogens is 713 g/mol. The lowest BCUT2D eigenvalue weighted by molar-refractivity contribution is -0.118. The predicted octanol–water partition coefficient (Wildman–Crippen LogP) is 8.80. The van der Waals surface area contributed by atoms with Crippen LogP contribution in [0.1, 0.15) is 22.8 Å². The van der Waals surface area contributed by atoms with E-state index in [-0.39, 0.29) is 18.4 Å². The first-order chi connectivity index (χ1) is 22.3. The number of carbonyl (C=O) groups excluding carboxylic acids is 2. The summed E-state index contributed by atoms with van der Waals surface area (Å²) < 4.78 is 12.1. The molecule has 4 aromatic carbocycles. The fourth-order valence-corrected chi connectivity index (χ4v) is 5.64. The van der Waals surface area contributed by atoms with E-state index in [0.717, 1.165) is 22.1 Å². The zero-order chi connectivity index (χ0) is 32.5. The van der Waals surface area contributed by atoms with Crippen LogP contribution in [-0.2, 0) is 4.79 Å². The molecule has 5 rings (SSSR count). The van der Waals surface area contributed by atoms with E-state index in [4.69, 9.17) is 32.7 Å². The Balaban J connectivity index is 1.17. The quantitative estimate of drug-likeness (QED) is 0.0871. The molecule has 5 aromatic rings. The summed E-state index contributed by atoms with van der Waals surface area (Å²) in [6.07, 6.45) is 1.49. The average molecular weight is 739 g/mol. The maximum atomic E-state index is 12.7. The second kappa shape index (κ2) is 15.7. The number of hydrazone groups is 1. The van der Waals surface area contributed by atoms with Crippen LogP contribution in [0.3, 0.4) is 0 Å². The number of rotatable bonds is 12. The van der Waals surface area contributed by atoms with Crippen LogP contribution >= 0.6 is 50.5 Å². The van der Waals surface area contributed by atoms with Gasteiger partial charge >= 0.3 is 0 Å². The number of carbonyl (C=O) groups is 2. The molecule has 1 heterocycles. The summed E-state index contributed by atoms with van der Waals surface area (Å²) >= 11 is 16.8. The summed E-state index contributed by atoms with van der Waals surface area (Å²) in [6.45, 7) is 1.96. The molecule has 0 bridgehead atoms. The van der Waals surface area contributed by atoms with Gasteiger partial charge in [0.15, 0.2) is 23.2 Å². The molecule has 0 radical (unpaired) electrons.